The van der Waals surface area contributed by atoms with Crippen molar-refractivity contribution in [2.24, 2.45) is 7.05 Å². The molecule has 46 heavy (non-hydrogen) atoms. The third kappa shape index (κ3) is 5.94. The number of ether oxygens (including phenoxy) is 1. The van der Waals surface area contributed by atoms with Gasteiger partial charge in [0.05, 0.1) is 29.9 Å². The van der Waals surface area contributed by atoms with E-state index < -0.39 is 0 Å². The minimum atomic E-state index is -0.292. The molecule has 0 atom stereocenters. The molecule has 2 aliphatic carbocycles. The van der Waals surface area contributed by atoms with E-state index in [1.54, 1.807) is 19.2 Å². The van der Waals surface area contributed by atoms with E-state index >= 15 is 0 Å². The number of piperazine rings is 1. The van der Waals surface area contributed by atoms with Crippen molar-refractivity contribution in [3.63, 3.8) is 0 Å². The van der Waals surface area contributed by atoms with E-state index in [1.165, 1.54) is 0 Å². The number of carbonyl (C=O) groups is 1. The molecular formula is C34H38ClFN8O2. The fourth-order valence-electron chi connectivity index (χ4n) is 6.89. The summed E-state index contributed by atoms with van der Waals surface area (Å²) in [5, 5.41) is 11.9. The maximum Gasteiger partial charge on any atom is 0.251 e. The second-order valence-corrected chi connectivity index (χ2v) is 12.7. The first kappa shape index (κ1) is 30.6. The van der Waals surface area contributed by atoms with Gasteiger partial charge in [0.15, 0.2) is 0 Å². The lowest BCUT2D eigenvalue weighted by molar-refractivity contribution is 0.0417. The van der Waals surface area contributed by atoms with Gasteiger partial charge in [0.2, 0.25) is 5.95 Å². The number of halogens is 2. The Morgan fingerprint density at radius 2 is 1.91 bits per heavy atom. The highest BCUT2D eigenvalue weighted by atomic mass is 35.5. The first-order valence-corrected chi connectivity index (χ1v) is 16.2. The number of hydrogen-bond donors (Lipinski definition) is 2. The van der Waals surface area contributed by atoms with Crippen molar-refractivity contribution in [1.82, 2.24) is 34.9 Å². The number of benzene rings is 2. The van der Waals surface area contributed by atoms with Crippen LogP contribution in [0.3, 0.4) is 0 Å². The number of aryl methyl sites for hydroxylation is 3. The Morgan fingerprint density at radius 3 is 2.67 bits per heavy atom. The number of nitrogens with one attached hydrogen (secondary N) is 2. The minimum absolute atomic E-state index is 0.123. The van der Waals surface area contributed by atoms with Crippen molar-refractivity contribution in [3.8, 4) is 28.3 Å². The summed E-state index contributed by atoms with van der Waals surface area (Å²) in [6.07, 6.45) is 5.32. The van der Waals surface area contributed by atoms with Gasteiger partial charge in [-0.1, -0.05) is 29.8 Å². The molecule has 1 saturated carbocycles. The van der Waals surface area contributed by atoms with Gasteiger partial charge in [0, 0.05) is 79.8 Å². The highest BCUT2D eigenvalue weighted by molar-refractivity contribution is 6.33. The lowest BCUT2D eigenvalue weighted by atomic mass is 9.85. The number of methoxy groups -OCH3 is 1. The number of amides is 1. The summed E-state index contributed by atoms with van der Waals surface area (Å²) < 4.78 is 20.2. The number of nitrogens with zero attached hydrogens (tertiary/aromatic N) is 6. The van der Waals surface area contributed by atoms with Gasteiger partial charge >= 0.3 is 0 Å². The summed E-state index contributed by atoms with van der Waals surface area (Å²) in [5.74, 6) is 0.815. The first-order valence-electron chi connectivity index (χ1n) is 15.9. The van der Waals surface area contributed by atoms with Gasteiger partial charge in [0.25, 0.3) is 5.91 Å². The van der Waals surface area contributed by atoms with Gasteiger partial charge in [-0.3, -0.25) is 19.3 Å². The lowest BCUT2D eigenvalue weighted by Gasteiger charge is -2.46. The summed E-state index contributed by atoms with van der Waals surface area (Å²) in [5.41, 5.74) is 6.85. The Kier molecular flexibility index (Phi) is 8.63. The zero-order chi connectivity index (χ0) is 31.8. The number of aromatic nitrogens is 4. The third-order valence-electron chi connectivity index (χ3n) is 9.46. The fraction of sp³-hybridized carbons (Fsp3) is 0.412. The molecule has 0 spiro atoms. The van der Waals surface area contributed by atoms with Crippen LogP contribution in [0.25, 0.3) is 22.5 Å². The summed E-state index contributed by atoms with van der Waals surface area (Å²) in [7, 11) is 3.51. The van der Waals surface area contributed by atoms with Crippen molar-refractivity contribution in [3.05, 3.63) is 70.5 Å². The molecule has 0 unspecified atom stereocenters. The summed E-state index contributed by atoms with van der Waals surface area (Å²) in [6.45, 7) is 3.95. The van der Waals surface area contributed by atoms with Crippen LogP contribution in [-0.2, 0) is 19.9 Å². The highest BCUT2D eigenvalue weighted by Gasteiger charge is 2.36. The maximum absolute atomic E-state index is 13.2. The molecule has 0 bridgehead atoms. The Bertz CT molecular complexity index is 1750. The van der Waals surface area contributed by atoms with Crippen LogP contribution >= 0.6 is 11.6 Å². The second kappa shape index (κ2) is 13.0. The van der Waals surface area contributed by atoms with Crippen LogP contribution < -0.4 is 15.4 Å². The van der Waals surface area contributed by atoms with E-state index in [-0.39, 0.29) is 18.6 Å². The molecule has 4 aromatic rings. The molecule has 12 heteroatoms. The molecule has 2 N–H and O–H groups in total. The van der Waals surface area contributed by atoms with Crippen LogP contribution in [0.15, 0.2) is 48.7 Å². The standard InChI is InChI=1S/C34H38ClFN8O2/c1-42-32(25-5-3-4-6-26(25)35)30-28(41-42)10-8-22-20-37-34(40-31(22)30)39-27-9-7-21(17-29(27)46-2)33(45)38-23-18-24(19-23)44-15-13-43(12-11-36)14-16-44/h3-7,9,17,20,23-24H,8,10-16,18-19H2,1-2H3,(H,38,45)(H,37,39,40). The van der Waals surface area contributed by atoms with Crippen LogP contribution in [0.2, 0.25) is 5.02 Å². The molecule has 2 aromatic heterocycles. The monoisotopic (exact) mass is 644 g/mol. The Hall–Kier alpha value is -4.06. The zero-order valence-electron chi connectivity index (χ0n) is 26.1. The van der Waals surface area contributed by atoms with E-state index in [0.29, 0.717) is 40.6 Å². The van der Waals surface area contributed by atoms with E-state index in [2.05, 4.69) is 25.4 Å². The molecule has 1 saturated heterocycles. The normalized spacial score (nSPS) is 19.6. The molecule has 0 radical (unpaired) electrons. The number of hydrogen-bond acceptors (Lipinski definition) is 8. The average molecular weight is 645 g/mol. The zero-order valence-corrected chi connectivity index (χ0v) is 26.9. The largest absolute Gasteiger partial charge is 0.495 e. The van der Waals surface area contributed by atoms with Crippen LogP contribution in [0.1, 0.15) is 34.5 Å². The second-order valence-electron chi connectivity index (χ2n) is 12.2. The summed E-state index contributed by atoms with van der Waals surface area (Å²) in [6, 6.07) is 13.7. The van der Waals surface area contributed by atoms with Crippen LogP contribution in [0, 0.1) is 0 Å². The van der Waals surface area contributed by atoms with Crippen molar-refractivity contribution < 1.29 is 13.9 Å². The molecule has 2 fully saturated rings. The molecule has 10 nitrogen and oxygen atoms in total. The van der Waals surface area contributed by atoms with Crippen molar-refractivity contribution in [2.45, 2.75) is 37.8 Å². The van der Waals surface area contributed by atoms with Crippen LogP contribution in [0.5, 0.6) is 5.75 Å². The van der Waals surface area contributed by atoms with Gasteiger partial charge in [-0.25, -0.2) is 14.4 Å². The van der Waals surface area contributed by atoms with E-state index in [9.17, 15) is 9.18 Å². The van der Waals surface area contributed by atoms with Gasteiger partial charge in [-0.05, 0) is 55.5 Å². The predicted molar refractivity (Wildman–Crippen MR) is 177 cm³/mol. The molecule has 7 rings (SSSR count). The molecular weight excluding hydrogens is 607 g/mol. The lowest BCUT2D eigenvalue weighted by Crippen LogP contribution is -2.58. The Labute approximate surface area is 272 Å². The molecule has 1 aliphatic heterocycles. The molecule has 3 aliphatic rings. The molecule has 1 amide bonds. The number of alkyl halides is 1. The Balaban J connectivity index is 1.04. The molecule has 3 heterocycles. The summed E-state index contributed by atoms with van der Waals surface area (Å²) >= 11 is 6.61. The maximum atomic E-state index is 13.2. The van der Waals surface area contributed by atoms with E-state index in [1.807, 2.05) is 48.3 Å². The number of anilines is 2. The minimum Gasteiger partial charge on any atom is -0.495 e. The van der Waals surface area contributed by atoms with E-state index in [4.69, 9.17) is 26.4 Å². The fourth-order valence-corrected chi connectivity index (χ4v) is 7.11. The van der Waals surface area contributed by atoms with Crippen LogP contribution in [-0.4, -0.2) is 94.0 Å². The smallest absolute Gasteiger partial charge is 0.251 e. The van der Waals surface area contributed by atoms with Gasteiger partial charge in [-0.15, -0.1) is 0 Å². The topological polar surface area (TPSA) is 100 Å². The van der Waals surface area contributed by atoms with Crippen molar-refractivity contribution in [1.29, 1.82) is 0 Å². The van der Waals surface area contributed by atoms with Crippen molar-refractivity contribution in [2.75, 3.05) is 51.8 Å². The highest BCUT2D eigenvalue weighted by Crippen LogP contribution is 2.42. The first-order chi connectivity index (χ1) is 22.4. The van der Waals surface area contributed by atoms with Gasteiger partial charge in [0.1, 0.15) is 12.4 Å². The van der Waals surface area contributed by atoms with E-state index in [0.717, 1.165) is 85.6 Å². The quantitative estimate of drug-likeness (QED) is 0.266. The third-order valence-corrected chi connectivity index (χ3v) is 9.79. The number of carbonyl (C=O) groups excluding carboxylic acids is 1. The van der Waals surface area contributed by atoms with Gasteiger partial charge < -0.3 is 15.4 Å². The average Bonchev–Trinajstić information content (AvgIpc) is 3.39. The predicted octanol–water partition coefficient (Wildman–Crippen LogP) is 4.90. The Morgan fingerprint density at radius 1 is 1.11 bits per heavy atom. The SMILES string of the molecule is COc1cc(C(=O)NC2CC(N3CCN(CCF)CC3)C2)ccc1Nc1ncc2c(n1)-c1c(nn(C)c1-c1ccccc1Cl)CC2. The molecule has 240 valence electrons. The van der Waals surface area contributed by atoms with Crippen molar-refractivity contribution >= 4 is 29.1 Å². The van der Waals surface area contributed by atoms with Gasteiger partial charge in [-0.2, -0.15) is 5.10 Å². The summed E-state index contributed by atoms with van der Waals surface area (Å²) in [4.78, 5) is 27.3. The number of fused-ring (bicyclic) bond motifs is 3. The molecule has 2 aromatic carbocycles. The van der Waals surface area contributed by atoms with Crippen LogP contribution in [0.4, 0.5) is 16.0 Å². The number of rotatable bonds is 9.